The second-order valence-electron chi connectivity index (χ2n) is 4.82. The van der Waals surface area contributed by atoms with Gasteiger partial charge < -0.3 is 10.6 Å². The predicted molar refractivity (Wildman–Crippen MR) is 68.7 cm³/mol. The molecule has 94 valence electrons. The molecule has 2 nitrogen and oxygen atoms in total. The third-order valence-electron chi connectivity index (χ3n) is 3.43. The number of nitrogens with one attached hydrogen (secondary N) is 2. The number of piperidine rings is 1. The molecule has 17 heavy (non-hydrogen) atoms. The van der Waals surface area contributed by atoms with Gasteiger partial charge in [0.15, 0.2) is 0 Å². The van der Waals surface area contributed by atoms with Gasteiger partial charge in [0.2, 0.25) is 0 Å². The summed E-state index contributed by atoms with van der Waals surface area (Å²) in [4.78, 5) is 0. The smallest absolute Gasteiger partial charge is 0.123 e. The third-order valence-corrected chi connectivity index (χ3v) is 3.43. The Balaban J connectivity index is 1.77. The largest absolute Gasteiger partial charge is 0.315 e. The lowest BCUT2D eigenvalue weighted by atomic mass is 10.0. The van der Waals surface area contributed by atoms with Gasteiger partial charge >= 0.3 is 0 Å². The van der Waals surface area contributed by atoms with Crippen LogP contribution in [0.4, 0.5) is 4.39 Å². The standard InChI is InChI=1S/C14H21FN2/c1-11-9-13(15)5-4-12(11)6-8-17-14-3-2-7-16-10-14/h4-5,9,14,16-17H,2-3,6-8,10H2,1H3. The maximum atomic E-state index is 12.9. The molecule has 0 aromatic heterocycles. The van der Waals surface area contributed by atoms with Crippen molar-refractivity contribution in [2.24, 2.45) is 0 Å². The normalized spacial score (nSPS) is 20.5. The van der Waals surface area contributed by atoms with Crippen LogP contribution in [-0.2, 0) is 6.42 Å². The summed E-state index contributed by atoms with van der Waals surface area (Å²) in [6.45, 7) is 5.16. The fourth-order valence-corrected chi connectivity index (χ4v) is 2.38. The zero-order valence-corrected chi connectivity index (χ0v) is 10.4. The zero-order valence-electron chi connectivity index (χ0n) is 10.4. The van der Waals surface area contributed by atoms with E-state index in [9.17, 15) is 4.39 Å². The number of aryl methyl sites for hydroxylation is 1. The molecule has 1 aliphatic rings. The van der Waals surface area contributed by atoms with Crippen LogP contribution in [0.2, 0.25) is 0 Å². The van der Waals surface area contributed by atoms with Gasteiger partial charge in [-0.2, -0.15) is 0 Å². The average molecular weight is 236 g/mol. The summed E-state index contributed by atoms with van der Waals surface area (Å²) in [5.41, 5.74) is 2.29. The quantitative estimate of drug-likeness (QED) is 0.835. The van der Waals surface area contributed by atoms with Gasteiger partial charge in [0, 0.05) is 12.6 Å². The SMILES string of the molecule is Cc1cc(F)ccc1CCNC1CCCNC1. The highest BCUT2D eigenvalue weighted by molar-refractivity contribution is 5.26. The van der Waals surface area contributed by atoms with E-state index in [1.807, 2.05) is 13.0 Å². The van der Waals surface area contributed by atoms with Crippen molar-refractivity contribution in [3.63, 3.8) is 0 Å². The van der Waals surface area contributed by atoms with Crippen molar-refractivity contribution in [1.82, 2.24) is 10.6 Å². The van der Waals surface area contributed by atoms with Crippen molar-refractivity contribution in [2.75, 3.05) is 19.6 Å². The lowest BCUT2D eigenvalue weighted by Crippen LogP contribution is -2.43. The average Bonchev–Trinajstić information content (AvgIpc) is 2.33. The molecule has 1 fully saturated rings. The monoisotopic (exact) mass is 236 g/mol. The van der Waals surface area contributed by atoms with E-state index in [-0.39, 0.29) is 5.82 Å². The second-order valence-corrected chi connectivity index (χ2v) is 4.82. The molecule has 0 spiro atoms. The first kappa shape index (κ1) is 12.5. The van der Waals surface area contributed by atoms with E-state index in [1.54, 1.807) is 12.1 Å². The van der Waals surface area contributed by atoms with Crippen molar-refractivity contribution < 1.29 is 4.39 Å². The van der Waals surface area contributed by atoms with E-state index in [1.165, 1.54) is 18.4 Å². The van der Waals surface area contributed by atoms with Crippen molar-refractivity contribution in [3.05, 3.63) is 35.1 Å². The van der Waals surface area contributed by atoms with E-state index in [2.05, 4.69) is 10.6 Å². The van der Waals surface area contributed by atoms with Gasteiger partial charge in [-0.15, -0.1) is 0 Å². The van der Waals surface area contributed by atoms with Crippen LogP contribution in [0.3, 0.4) is 0 Å². The fourth-order valence-electron chi connectivity index (χ4n) is 2.38. The minimum Gasteiger partial charge on any atom is -0.315 e. The van der Waals surface area contributed by atoms with Crippen molar-refractivity contribution in [1.29, 1.82) is 0 Å². The lowest BCUT2D eigenvalue weighted by molar-refractivity contribution is 0.392. The van der Waals surface area contributed by atoms with Crippen LogP contribution < -0.4 is 10.6 Å². The number of hydrogen-bond acceptors (Lipinski definition) is 2. The van der Waals surface area contributed by atoms with Gasteiger partial charge in [-0.05, 0) is 62.5 Å². The molecule has 0 amide bonds. The van der Waals surface area contributed by atoms with Gasteiger partial charge in [-0.25, -0.2) is 4.39 Å². The molecule has 1 saturated heterocycles. The highest BCUT2D eigenvalue weighted by Gasteiger charge is 2.11. The fraction of sp³-hybridized carbons (Fsp3) is 0.571. The summed E-state index contributed by atoms with van der Waals surface area (Å²) < 4.78 is 12.9. The van der Waals surface area contributed by atoms with Gasteiger partial charge in [-0.3, -0.25) is 0 Å². The zero-order chi connectivity index (χ0) is 12.1. The van der Waals surface area contributed by atoms with Gasteiger partial charge in [0.1, 0.15) is 5.82 Å². The van der Waals surface area contributed by atoms with Gasteiger partial charge in [-0.1, -0.05) is 6.07 Å². The van der Waals surface area contributed by atoms with E-state index >= 15 is 0 Å². The van der Waals surface area contributed by atoms with Crippen LogP contribution in [0.25, 0.3) is 0 Å². The highest BCUT2D eigenvalue weighted by atomic mass is 19.1. The summed E-state index contributed by atoms with van der Waals surface area (Å²) >= 11 is 0. The number of hydrogen-bond donors (Lipinski definition) is 2. The van der Waals surface area contributed by atoms with E-state index < -0.39 is 0 Å². The minimum atomic E-state index is -0.143. The molecule has 1 unspecified atom stereocenters. The molecule has 0 aliphatic carbocycles. The molecule has 1 aromatic carbocycles. The maximum Gasteiger partial charge on any atom is 0.123 e. The van der Waals surface area contributed by atoms with Crippen molar-refractivity contribution in [3.8, 4) is 0 Å². The van der Waals surface area contributed by atoms with Crippen molar-refractivity contribution in [2.45, 2.75) is 32.2 Å². The molecule has 1 aliphatic heterocycles. The Morgan fingerprint density at radius 1 is 1.47 bits per heavy atom. The lowest BCUT2D eigenvalue weighted by Gasteiger charge is -2.24. The second kappa shape index (κ2) is 6.12. The molecule has 0 bridgehead atoms. The summed E-state index contributed by atoms with van der Waals surface area (Å²) in [5, 5.41) is 6.95. The van der Waals surface area contributed by atoms with Gasteiger partial charge in [0.05, 0.1) is 0 Å². The molecule has 0 radical (unpaired) electrons. The van der Waals surface area contributed by atoms with Crippen molar-refractivity contribution >= 4 is 0 Å². The molecule has 1 atom stereocenters. The Hall–Kier alpha value is -0.930. The molecule has 1 aromatic rings. The van der Waals surface area contributed by atoms with Crippen LogP contribution in [0.5, 0.6) is 0 Å². The van der Waals surface area contributed by atoms with Crippen LogP contribution >= 0.6 is 0 Å². The first-order valence-electron chi connectivity index (χ1n) is 6.45. The third kappa shape index (κ3) is 3.79. The Kier molecular flexibility index (Phi) is 4.51. The Labute approximate surface area is 103 Å². The van der Waals surface area contributed by atoms with E-state index in [0.29, 0.717) is 6.04 Å². The first-order valence-corrected chi connectivity index (χ1v) is 6.45. The van der Waals surface area contributed by atoms with E-state index in [4.69, 9.17) is 0 Å². The molecule has 2 N–H and O–H groups in total. The molecular weight excluding hydrogens is 215 g/mol. The van der Waals surface area contributed by atoms with Crippen LogP contribution in [0.1, 0.15) is 24.0 Å². The molecule has 1 heterocycles. The molecule has 3 heteroatoms. The molecule has 2 rings (SSSR count). The highest BCUT2D eigenvalue weighted by Crippen LogP contribution is 2.10. The number of halogens is 1. The Morgan fingerprint density at radius 3 is 3.06 bits per heavy atom. The Morgan fingerprint density at radius 2 is 2.35 bits per heavy atom. The van der Waals surface area contributed by atoms with Crippen LogP contribution in [0, 0.1) is 12.7 Å². The number of rotatable bonds is 4. The predicted octanol–water partition coefficient (Wildman–Crippen LogP) is 2.02. The summed E-state index contributed by atoms with van der Waals surface area (Å²) in [6.07, 6.45) is 3.49. The minimum absolute atomic E-state index is 0.143. The summed E-state index contributed by atoms with van der Waals surface area (Å²) in [5.74, 6) is -0.143. The van der Waals surface area contributed by atoms with E-state index in [0.717, 1.165) is 31.6 Å². The topological polar surface area (TPSA) is 24.1 Å². The maximum absolute atomic E-state index is 12.9. The van der Waals surface area contributed by atoms with Crippen LogP contribution in [-0.4, -0.2) is 25.7 Å². The molecule has 0 saturated carbocycles. The summed E-state index contributed by atoms with van der Waals surface area (Å²) in [6, 6.07) is 5.65. The van der Waals surface area contributed by atoms with Crippen LogP contribution in [0.15, 0.2) is 18.2 Å². The molecular formula is C14H21FN2. The Bertz CT molecular complexity index is 359. The first-order chi connectivity index (χ1) is 8.25. The summed E-state index contributed by atoms with van der Waals surface area (Å²) in [7, 11) is 0. The van der Waals surface area contributed by atoms with Gasteiger partial charge in [0.25, 0.3) is 0 Å². The number of benzene rings is 1.